The molecule has 2 amide bonds. The van der Waals surface area contributed by atoms with Crippen molar-refractivity contribution in [3.8, 4) is 0 Å². The Bertz CT molecular complexity index is 417. The number of Topliss-reactive ketones (excluding diaryl/α,β-unsaturated/α-hetero) is 1. The Morgan fingerprint density at radius 3 is 2.21 bits per heavy atom. The van der Waals surface area contributed by atoms with Crippen LogP contribution in [0.1, 0.15) is 24.2 Å². The quantitative estimate of drug-likeness (QED) is 0.248. The average molecular weight is 267 g/mol. The van der Waals surface area contributed by atoms with Gasteiger partial charge in [-0.05, 0) is 38.1 Å². The van der Waals surface area contributed by atoms with Gasteiger partial charge in [0.15, 0.2) is 5.78 Å². The first-order valence-electron chi connectivity index (χ1n) is 5.49. The highest BCUT2D eigenvalue weighted by molar-refractivity contribution is 5.95. The van der Waals surface area contributed by atoms with Crippen LogP contribution in [0.15, 0.2) is 24.3 Å². The van der Waals surface area contributed by atoms with E-state index in [1.807, 2.05) is 5.43 Å². The predicted molar refractivity (Wildman–Crippen MR) is 70.5 cm³/mol. The molecule has 0 bridgehead atoms. The van der Waals surface area contributed by atoms with Crippen LogP contribution in [0.5, 0.6) is 0 Å². The largest absolute Gasteiger partial charge is 0.468 e. The van der Waals surface area contributed by atoms with Gasteiger partial charge >= 0.3 is 6.03 Å². The molecule has 7 nitrogen and oxygen atoms in total. The van der Waals surface area contributed by atoms with E-state index in [1.54, 1.807) is 31.2 Å². The van der Waals surface area contributed by atoms with Crippen molar-refractivity contribution < 1.29 is 19.1 Å². The van der Waals surface area contributed by atoms with E-state index in [4.69, 9.17) is 5.84 Å². The van der Waals surface area contributed by atoms with E-state index in [1.165, 1.54) is 6.92 Å². The van der Waals surface area contributed by atoms with Crippen LogP contribution in [0.4, 0.5) is 10.5 Å². The normalized spacial score (nSPS) is 8.58. The van der Waals surface area contributed by atoms with Crippen molar-refractivity contribution in [1.82, 2.24) is 5.43 Å². The Morgan fingerprint density at radius 1 is 1.32 bits per heavy atom. The molecule has 0 aliphatic carbocycles. The van der Waals surface area contributed by atoms with Crippen molar-refractivity contribution in [2.45, 2.75) is 13.8 Å². The molecule has 7 heteroatoms. The molecule has 4 N–H and O–H groups in total. The Labute approximate surface area is 111 Å². The minimum atomic E-state index is -0.499. The zero-order valence-corrected chi connectivity index (χ0v) is 10.8. The third-order valence-electron chi connectivity index (χ3n) is 1.92. The van der Waals surface area contributed by atoms with E-state index >= 15 is 0 Å². The third-order valence-corrected chi connectivity index (χ3v) is 1.92. The van der Waals surface area contributed by atoms with Gasteiger partial charge in [-0.1, -0.05) is 0 Å². The van der Waals surface area contributed by atoms with E-state index in [2.05, 4.69) is 10.1 Å². The smallest absolute Gasteiger partial charge is 0.333 e. The molecule has 0 aliphatic heterocycles. The van der Waals surface area contributed by atoms with Gasteiger partial charge in [0.2, 0.25) is 0 Å². The fourth-order valence-corrected chi connectivity index (χ4v) is 1.02. The minimum Gasteiger partial charge on any atom is -0.468 e. The van der Waals surface area contributed by atoms with Crippen LogP contribution < -0.4 is 16.6 Å². The van der Waals surface area contributed by atoms with Gasteiger partial charge in [0, 0.05) is 11.3 Å². The number of benzene rings is 1. The second-order valence-corrected chi connectivity index (χ2v) is 3.28. The van der Waals surface area contributed by atoms with Gasteiger partial charge in [-0.3, -0.25) is 15.0 Å². The summed E-state index contributed by atoms with van der Waals surface area (Å²) in [7, 11) is 0. The lowest BCUT2D eigenvalue weighted by Crippen LogP contribution is -2.34. The number of carbonyl (C=O) groups is 3. The lowest BCUT2D eigenvalue weighted by molar-refractivity contribution is -0.128. The van der Waals surface area contributed by atoms with Gasteiger partial charge in [-0.15, -0.1) is 0 Å². The highest BCUT2D eigenvalue weighted by atomic mass is 16.5. The van der Waals surface area contributed by atoms with Crippen LogP contribution in [0.3, 0.4) is 0 Å². The van der Waals surface area contributed by atoms with Crippen LogP contribution in [0.2, 0.25) is 0 Å². The van der Waals surface area contributed by atoms with Crippen LogP contribution >= 0.6 is 0 Å². The van der Waals surface area contributed by atoms with Crippen molar-refractivity contribution in [2.24, 2.45) is 5.84 Å². The monoisotopic (exact) mass is 267 g/mol. The summed E-state index contributed by atoms with van der Waals surface area (Å²) in [5.74, 6) is 4.87. The van der Waals surface area contributed by atoms with Gasteiger partial charge in [0.05, 0.1) is 6.61 Å². The average Bonchev–Trinajstić information content (AvgIpc) is 2.41. The number of anilines is 1. The van der Waals surface area contributed by atoms with Gasteiger partial charge in [0.25, 0.3) is 6.47 Å². The van der Waals surface area contributed by atoms with Crippen molar-refractivity contribution in [3.63, 3.8) is 0 Å². The SMILES string of the molecule is CC(=O)c1ccc(NC(=O)NN)cc1.CCOC=O. The number of ether oxygens (including phenoxy) is 1. The van der Waals surface area contributed by atoms with Crippen LogP contribution in [-0.2, 0) is 9.53 Å². The summed E-state index contributed by atoms with van der Waals surface area (Å²) >= 11 is 0. The first kappa shape index (κ1) is 16.6. The van der Waals surface area contributed by atoms with Gasteiger partial charge in [-0.2, -0.15) is 0 Å². The van der Waals surface area contributed by atoms with E-state index in [9.17, 15) is 14.4 Å². The summed E-state index contributed by atoms with van der Waals surface area (Å²) in [6.07, 6.45) is 0. The maximum Gasteiger partial charge on any atom is 0.333 e. The molecule has 0 unspecified atom stereocenters. The molecule has 0 fully saturated rings. The molecule has 1 rings (SSSR count). The van der Waals surface area contributed by atoms with E-state index in [0.717, 1.165) is 0 Å². The number of urea groups is 1. The maximum atomic E-state index is 10.9. The van der Waals surface area contributed by atoms with Crippen LogP contribution in [0, 0.1) is 0 Å². The summed E-state index contributed by atoms with van der Waals surface area (Å²) < 4.78 is 4.15. The summed E-state index contributed by atoms with van der Waals surface area (Å²) in [6, 6.07) is 6.03. The van der Waals surface area contributed by atoms with Crippen molar-refractivity contribution >= 4 is 24.0 Å². The lowest BCUT2D eigenvalue weighted by Gasteiger charge is -2.03. The van der Waals surface area contributed by atoms with Gasteiger partial charge in [0.1, 0.15) is 0 Å². The first-order valence-corrected chi connectivity index (χ1v) is 5.49. The molecular weight excluding hydrogens is 250 g/mol. The zero-order chi connectivity index (χ0) is 14.7. The number of hydrogen-bond acceptors (Lipinski definition) is 5. The number of hydrogen-bond donors (Lipinski definition) is 3. The standard InChI is InChI=1S/C9H11N3O2.C3H6O2/c1-6(13)7-2-4-8(5-3-7)11-9(14)12-10;1-2-5-3-4/h2-5H,10H2,1H3,(H2,11,12,14);3H,2H2,1H3. The lowest BCUT2D eigenvalue weighted by atomic mass is 10.1. The number of nitrogens with one attached hydrogen (secondary N) is 2. The molecule has 0 saturated heterocycles. The topological polar surface area (TPSA) is 111 Å². The summed E-state index contributed by atoms with van der Waals surface area (Å²) in [6.45, 7) is 4.15. The van der Waals surface area contributed by atoms with Gasteiger partial charge in [-0.25, -0.2) is 10.6 Å². The molecule has 104 valence electrons. The molecule has 0 aromatic heterocycles. The molecule has 19 heavy (non-hydrogen) atoms. The summed E-state index contributed by atoms with van der Waals surface area (Å²) in [5, 5.41) is 2.47. The second kappa shape index (κ2) is 9.60. The maximum absolute atomic E-state index is 10.9. The number of nitrogens with two attached hydrogens (primary N) is 1. The molecule has 0 aliphatic rings. The Morgan fingerprint density at radius 2 is 1.89 bits per heavy atom. The van der Waals surface area contributed by atoms with Crippen molar-refractivity contribution in [1.29, 1.82) is 0 Å². The number of hydrazine groups is 1. The molecule has 0 radical (unpaired) electrons. The Kier molecular flexibility index (Phi) is 8.38. The fraction of sp³-hybridized carbons (Fsp3) is 0.250. The number of carbonyl (C=O) groups excluding carboxylic acids is 3. The zero-order valence-electron chi connectivity index (χ0n) is 10.8. The van der Waals surface area contributed by atoms with E-state index in [-0.39, 0.29) is 5.78 Å². The van der Waals surface area contributed by atoms with Crippen molar-refractivity contribution in [3.05, 3.63) is 29.8 Å². The number of rotatable bonds is 4. The summed E-state index contributed by atoms with van der Waals surface area (Å²) in [4.78, 5) is 30.9. The van der Waals surface area contributed by atoms with E-state index in [0.29, 0.717) is 24.3 Å². The molecular formula is C12H17N3O4. The molecule has 0 saturated carbocycles. The summed E-state index contributed by atoms with van der Waals surface area (Å²) in [5.41, 5.74) is 3.12. The van der Waals surface area contributed by atoms with Crippen LogP contribution in [-0.4, -0.2) is 24.9 Å². The Hall–Kier alpha value is -2.41. The molecule has 1 aromatic carbocycles. The number of amides is 2. The third kappa shape index (κ3) is 7.50. The highest BCUT2D eigenvalue weighted by Crippen LogP contribution is 2.09. The minimum absolute atomic E-state index is 0.0140. The molecule has 0 spiro atoms. The fourth-order valence-electron chi connectivity index (χ4n) is 1.02. The molecule has 0 heterocycles. The molecule has 1 aromatic rings. The van der Waals surface area contributed by atoms with Gasteiger partial charge < -0.3 is 10.1 Å². The van der Waals surface area contributed by atoms with Crippen LogP contribution in [0.25, 0.3) is 0 Å². The van der Waals surface area contributed by atoms with E-state index < -0.39 is 6.03 Å². The molecule has 0 atom stereocenters. The highest BCUT2D eigenvalue weighted by Gasteiger charge is 2.00. The van der Waals surface area contributed by atoms with Crippen molar-refractivity contribution in [2.75, 3.05) is 11.9 Å². The first-order chi connectivity index (χ1) is 9.04. The number of ketones is 1. The predicted octanol–water partition coefficient (Wildman–Crippen LogP) is 1.06. The Balaban J connectivity index is 0.000000555. The second-order valence-electron chi connectivity index (χ2n) is 3.28.